The van der Waals surface area contributed by atoms with Gasteiger partial charge in [-0.15, -0.1) is 0 Å². The minimum atomic E-state index is -0.459. The van der Waals surface area contributed by atoms with E-state index < -0.39 is 5.82 Å². The molecule has 2 N–H and O–H groups in total. The van der Waals surface area contributed by atoms with Gasteiger partial charge in [0.15, 0.2) is 0 Å². The highest BCUT2D eigenvalue weighted by Crippen LogP contribution is 2.21. The van der Waals surface area contributed by atoms with Gasteiger partial charge in [0.1, 0.15) is 11.6 Å². The monoisotopic (exact) mass is 267 g/mol. The van der Waals surface area contributed by atoms with E-state index in [4.69, 9.17) is 17.3 Å². The lowest BCUT2D eigenvalue weighted by molar-refractivity contribution is 0.617. The summed E-state index contributed by atoms with van der Waals surface area (Å²) in [4.78, 5) is 0. The van der Waals surface area contributed by atoms with Crippen molar-refractivity contribution in [2.75, 3.05) is 0 Å². The molecule has 2 aromatic rings. The van der Waals surface area contributed by atoms with Crippen molar-refractivity contribution in [3.8, 4) is 0 Å². The van der Waals surface area contributed by atoms with Crippen LogP contribution < -0.4 is 5.73 Å². The van der Waals surface area contributed by atoms with Crippen LogP contribution >= 0.6 is 11.6 Å². The Morgan fingerprint density at radius 1 is 1.11 bits per heavy atom. The van der Waals surface area contributed by atoms with Crippen molar-refractivity contribution in [3.05, 3.63) is 70.2 Å². The molecule has 0 aliphatic rings. The van der Waals surface area contributed by atoms with Crippen molar-refractivity contribution >= 4 is 11.6 Å². The van der Waals surface area contributed by atoms with E-state index in [1.54, 1.807) is 18.2 Å². The Bertz CT molecular complexity index is 557. The number of hydrogen-bond donors (Lipinski definition) is 1. The van der Waals surface area contributed by atoms with Gasteiger partial charge in [0.25, 0.3) is 0 Å². The van der Waals surface area contributed by atoms with E-state index in [1.807, 2.05) is 0 Å². The maximum Gasteiger partial charge on any atom is 0.141 e. The lowest BCUT2D eigenvalue weighted by Gasteiger charge is -2.12. The first-order chi connectivity index (χ1) is 8.56. The van der Waals surface area contributed by atoms with Crippen molar-refractivity contribution in [2.45, 2.75) is 12.5 Å². The minimum Gasteiger partial charge on any atom is -0.324 e. The fraction of sp³-hybridized carbons (Fsp3) is 0.143. The second-order valence-corrected chi connectivity index (χ2v) is 4.52. The van der Waals surface area contributed by atoms with Gasteiger partial charge in [-0.1, -0.05) is 29.8 Å². The molecule has 1 nitrogen and oxygen atoms in total. The summed E-state index contributed by atoms with van der Waals surface area (Å²) in [5.41, 5.74) is 7.50. The third kappa shape index (κ3) is 3.06. The Labute approximate surface area is 109 Å². The molecule has 4 heteroatoms. The smallest absolute Gasteiger partial charge is 0.141 e. The van der Waals surface area contributed by atoms with Crippen LogP contribution in [0.4, 0.5) is 8.78 Å². The summed E-state index contributed by atoms with van der Waals surface area (Å²) in [5.74, 6) is -0.778. The van der Waals surface area contributed by atoms with Crippen LogP contribution in [0, 0.1) is 11.6 Å². The average Bonchev–Trinajstić information content (AvgIpc) is 2.34. The molecule has 0 saturated heterocycles. The van der Waals surface area contributed by atoms with Gasteiger partial charge < -0.3 is 5.73 Å². The van der Waals surface area contributed by atoms with Crippen LogP contribution in [-0.2, 0) is 6.42 Å². The Morgan fingerprint density at radius 3 is 2.56 bits per heavy atom. The largest absolute Gasteiger partial charge is 0.324 e. The van der Waals surface area contributed by atoms with E-state index >= 15 is 0 Å². The molecular weight excluding hydrogens is 256 g/mol. The highest BCUT2D eigenvalue weighted by Gasteiger charge is 2.09. The first kappa shape index (κ1) is 13.0. The molecule has 0 aliphatic heterocycles. The summed E-state index contributed by atoms with van der Waals surface area (Å²) >= 11 is 5.69. The van der Waals surface area contributed by atoms with Crippen molar-refractivity contribution in [2.24, 2.45) is 5.73 Å². The molecule has 18 heavy (non-hydrogen) atoms. The van der Waals surface area contributed by atoms with Crippen molar-refractivity contribution < 1.29 is 8.78 Å². The quantitative estimate of drug-likeness (QED) is 0.898. The van der Waals surface area contributed by atoms with E-state index in [0.717, 1.165) is 5.56 Å². The van der Waals surface area contributed by atoms with Gasteiger partial charge in [0.05, 0.1) is 5.02 Å². The van der Waals surface area contributed by atoms with Crippen molar-refractivity contribution in [1.29, 1.82) is 0 Å². The summed E-state index contributed by atoms with van der Waals surface area (Å²) in [5, 5.41) is 0.0685. The molecule has 0 saturated carbocycles. The van der Waals surface area contributed by atoms with Gasteiger partial charge in [-0.3, -0.25) is 0 Å². The summed E-state index contributed by atoms with van der Waals surface area (Å²) in [7, 11) is 0. The highest BCUT2D eigenvalue weighted by atomic mass is 35.5. The van der Waals surface area contributed by atoms with E-state index in [9.17, 15) is 8.78 Å². The van der Waals surface area contributed by atoms with E-state index in [1.165, 1.54) is 24.3 Å². The fourth-order valence-corrected chi connectivity index (χ4v) is 1.98. The second kappa shape index (κ2) is 5.46. The maximum absolute atomic E-state index is 13.1. The average molecular weight is 268 g/mol. The molecule has 0 bridgehead atoms. The Morgan fingerprint density at radius 2 is 1.89 bits per heavy atom. The SMILES string of the molecule is NC(Cc1ccc(F)c(Cl)c1)c1cccc(F)c1. The second-order valence-electron chi connectivity index (χ2n) is 4.11. The summed E-state index contributed by atoms with van der Waals surface area (Å²) in [6, 6.07) is 10.3. The van der Waals surface area contributed by atoms with E-state index in [0.29, 0.717) is 12.0 Å². The van der Waals surface area contributed by atoms with Crippen LogP contribution in [0.5, 0.6) is 0 Å². The first-order valence-electron chi connectivity index (χ1n) is 5.51. The van der Waals surface area contributed by atoms with Gasteiger partial charge in [0.2, 0.25) is 0 Å². The van der Waals surface area contributed by atoms with Crippen molar-refractivity contribution in [1.82, 2.24) is 0 Å². The van der Waals surface area contributed by atoms with Gasteiger partial charge in [0, 0.05) is 6.04 Å². The topological polar surface area (TPSA) is 26.0 Å². The van der Waals surface area contributed by atoms with Crippen molar-refractivity contribution in [3.63, 3.8) is 0 Å². The van der Waals surface area contributed by atoms with Gasteiger partial charge >= 0.3 is 0 Å². The normalized spacial score (nSPS) is 12.4. The minimum absolute atomic E-state index is 0.0685. The molecule has 1 unspecified atom stereocenters. The molecule has 0 amide bonds. The van der Waals surface area contributed by atoms with Gasteiger partial charge in [-0.25, -0.2) is 8.78 Å². The number of halogens is 3. The lowest BCUT2D eigenvalue weighted by atomic mass is 10.00. The Balaban J connectivity index is 2.16. The number of nitrogens with two attached hydrogens (primary N) is 1. The summed E-state index contributed by atoms with van der Waals surface area (Å²) in [6.45, 7) is 0. The predicted molar refractivity (Wildman–Crippen MR) is 68.4 cm³/mol. The molecule has 1 atom stereocenters. The number of hydrogen-bond acceptors (Lipinski definition) is 1. The van der Waals surface area contributed by atoms with Crippen LogP contribution in [0.3, 0.4) is 0 Å². The maximum atomic E-state index is 13.1. The zero-order chi connectivity index (χ0) is 13.1. The molecule has 0 aromatic heterocycles. The molecule has 0 fully saturated rings. The summed E-state index contributed by atoms with van der Waals surface area (Å²) in [6.07, 6.45) is 0.476. The zero-order valence-electron chi connectivity index (χ0n) is 9.54. The third-order valence-corrected chi connectivity index (χ3v) is 3.01. The summed E-state index contributed by atoms with van der Waals surface area (Å²) < 4.78 is 26.1. The standard InChI is InChI=1S/C14H12ClF2N/c15-12-6-9(4-5-13(12)17)7-14(18)10-2-1-3-11(16)8-10/h1-6,8,14H,7,18H2. The molecule has 94 valence electrons. The van der Waals surface area contributed by atoms with Crippen LogP contribution in [0.15, 0.2) is 42.5 Å². The van der Waals surface area contributed by atoms with Crippen LogP contribution in [0.25, 0.3) is 0 Å². The Kier molecular flexibility index (Phi) is 3.94. The predicted octanol–water partition coefficient (Wildman–Crippen LogP) is 3.86. The van der Waals surface area contributed by atoms with E-state index in [-0.39, 0.29) is 16.9 Å². The molecule has 2 aromatic carbocycles. The zero-order valence-corrected chi connectivity index (χ0v) is 10.3. The van der Waals surface area contributed by atoms with Crippen LogP contribution in [0.1, 0.15) is 17.2 Å². The first-order valence-corrected chi connectivity index (χ1v) is 5.89. The van der Waals surface area contributed by atoms with Gasteiger partial charge in [-0.05, 0) is 41.8 Å². The molecular formula is C14H12ClF2N. The fourth-order valence-electron chi connectivity index (χ4n) is 1.78. The number of benzene rings is 2. The molecule has 0 radical (unpaired) electrons. The molecule has 0 aliphatic carbocycles. The molecule has 2 rings (SSSR count). The lowest BCUT2D eigenvalue weighted by Crippen LogP contribution is -2.13. The molecule has 0 spiro atoms. The number of rotatable bonds is 3. The third-order valence-electron chi connectivity index (χ3n) is 2.72. The molecule has 0 heterocycles. The van der Waals surface area contributed by atoms with E-state index in [2.05, 4.69) is 0 Å². The van der Waals surface area contributed by atoms with Crippen LogP contribution in [0.2, 0.25) is 5.02 Å². The Hall–Kier alpha value is -1.45. The highest BCUT2D eigenvalue weighted by molar-refractivity contribution is 6.30. The van der Waals surface area contributed by atoms with Crippen LogP contribution in [-0.4, -0.2) is 0 Å². The van der Waals surface area contributed by atoms with Gasteiger partial charge in [-0.2, -0.15) is 0 Å².